The first kappa shape index (κ1) is 30.6. The van der Waals surface area contributed by atoms with Crippen LogP contribution >= 0.6 is 0 Å². The quantitative estimate of drug-likeness (QED) is 0.182. The molecule has 0 saturated heterocycles. The molecule has 2 aliphatic carbocycles. The van der Waals surface area contributed by atoms with Crippen molar-refractivity contribution < 1.29 is 4.42 Å². The van der Waals surface area contributed by atoms with Crippen LogP contribution in [0.4, 0.5) is 17.1 Å². The monoisotopic (exact) mass is 670 g/mol. The van der Waals surface area contributed by atoms with Crippen LogP contribution in [-0.4, -0.2) is 4.98 Å². The summed E-state index contributed by atoms with van der Waals surface area (Å²) in [5.41, 5.74) is 18.5. The molecule has 0 fully saturated rings. The Morgan fingerprint density at radius 2 is 0.962 bits per heavy atom. The van der Waals surface area contributed by atoms with Crippen molar-refractivity contribution in [2.24, 2.45) is 0 Å². The lowest BCUT2D eigenvalue weighted by atomic mass is 9.73. The van der Waals surface area contributed by atoms with Gasteiger partial charge < -0.3 is 9.32 Å². The van der Waals surface area contributed by atoms with Gasteiger partial charge >= 0.3 is 0 Å². The number of anilines is 3. The fourth-order valence-electron chi connectivity index (χ4n) is 9.11. The largest absolute Gasteiger partial charge is 0.436 e. The van der Waals surface area contributed by atoms with Crippen molar-refractivity contribution in [3.63, 3.8) is 0 Å². The Labute approximate surface area is 304 Å². The van der Waals surface area contributed by atoms with Crippen LogP contribution < -0.4 is 4.90 Å². The van der Waals surface area contributed by atoms with E-state index in [0.29, 0.717) is 5.89 Å². The van der Waals surface area contributed by atoms with E-state index in [0.717, 1.165) is 33.6 Å². The summed E-state index contributed by atoms with van der Waals surface area (Å²) in [4.78, 5) is 7.58. The molecule has 10 rings (SSSR count). The Kier molecular flexibility index (Phi) is 6.57. The molecule has 1 aromatic heterocycles. The maximum absolute atomic E-state index is 6.34. The summed E-state index contributed by atoms with van der Waals surface area (Å²) in [6, 6.07) is 56.6. The minimum absolute atomic E-state index is 0.295. The molecule has 0 amide bonds. The van der Waals surface area contributed by atoms with Crippen LogP contribution in [0.5, 0.6) is 0 Å². The summed E-state index contributed by atoms with van der Waals surface area (Å²) in [5, 5.41) is 0. The highest BCUT2D eigenvalue weighted by Gasteiger charge is 2.48. The molecule has 3 nitrogen and oxygen atoms in total. The topological polar surface area (TPSA) is 29.3 Å². The molecule has 0 radical (unpaired) electrons. The molecule has 0 bridgehead atoms. The fourth-order valence-corrected chi connectivity index (χ4v) is 9.11. The first-order valence-corrected chi connectivity index (χ1v) is 18.2. The average molecular weight is 671 g/mol. The maximum Gasteiger partial charge on any atom is 0.227 e. The van der Waals surface area contributed by atoms with E-state index in [2.05, 4.69) is 160 Å². The third kappa shape index (κ3) is 4.29. The predicted molar refractivity (Wildman–Crippen MR) is 215 cm³/mol. The SMILES string of the molecule is CC1(C)c2ccccc2-c2c(-c3ccc4oc(-c5ccccc5)nc4c3)c3c(c(N(c4ccccc4)c4ccccc4)c21)C(C)(C)c1ccccc1-3. The Morgan fingerprint density at radius 3 is 1.50 bits per heavy atom. The molecular weight excluding hydrogens is 633 g/mol. The van der Waals surface area contributed by atoms with Gasteiger partial charge in [-0.05, 0) is 104 Å². The summed E-state index contributed by atoms with van der Waals surface area (Å²) < 4.78 is 6.34. The van der Waals surface area contributed by atoms with Gasteiger partial charge in [0.1, 0.15) is 5.52 Å². The van der Waals surface area contributed by atoms with E-state index >= 15 is 0 Å². The number of oxazole rings is 1. The molecule has 0 aliphatic heterocycles. The van der Waals surface area contributed by atoms with Gasteiger partial charge in [-0.1, -0.05) is 137 Å². The number of aromatic nitrogens is 1. The molecule has 0 N–H and O–H groups in total. The smallest absolute Gasteiger partial charge is 0.227 e. The Hall–Kier alpha value is -6.19. The summed E-state index contributed by atoms with van der Waals surface area (Å²) in [6.07, 6.45) is 0. The minimum Gasteiger partial charge on any atom is -0.436 e. The van der Waals surface area contributed by atoms with Gasteiger partial charge in [0.25, 0.3) is 0 Å². The Balaban J connectivity index is 1.38. The van der Waals surface area contributed by atoms with Crippen molar-refractivity contribution >= 4 is 28.2 Å². The molecule has 7 aromatic carbocycles. The summed E-state index contributed by atoms with van der Waals surface area (Å²) in [6.45, 7) is 9.64. The summed E-state index contributed by atoms with van der Waals surface area (Å²) in [5.74, 6) is 0.637. The average Bonchev–Trinajstić information content (AvgIpc) is 3.79. The second-order valence-electron chi connectivity index (χ2n) is 15.1. The van der Waals surface area contributed by atoms with E-state index in [-0.39, 0.29) is 10.8 Å². The van der Waals surface area contributed by atoms with Crippen LogP contribution in [0.25, 0.3) is 55.9 Å². The zero-order valence-corrected chi connectivity index (χ0v) is 29.8. The summed E-state index contributed by atoms with van der Waals surface area (Å²) >= 11 is 0. The van der Waals surface area contributed by atoms with Crippen LogP contribution in [0.1, 0.15) is 49.9 Å². The third-order valence-electron chi connectivity index (χ3n) is 11.4. The van der Waals surface area contributed by atoms with Crippen molar-refractivity contribution in [2.75, 3.05) is 4.90 Å². The van der Waals surface area contributed by atoms with E-state index in [1.165, 1.54) is 55.8 Å². The van der Waals surface area contributed by atoms with Gasteiger partial charge in [-0.15, -0.1) is 0 Å². The number of para-hydroxylation sites is 2. The molecule has 0 atom stereocenters. The molecular formula is C49H38N2O. The van der Waals surface area contributed by atoms with Gasteiger partial charge in [-0.25, -0.2) is 4.98 Å². The van der Waals surface area contributed by atoms with Crippen molar-refractivity contribution in [1.82, 2.24) is 4.98 Å². The lowest BCUT2D eigenvalue weighted by Crippen LogP contribution is -2.26. The van der Waals surface area contributed by atoms with Crippen LogP contribution in [0.15, 0.2) is 162 Å². The third-order valence-corrected chi connectivity index (χ3v) is 11.4. The Bertz CT molecular complexity index is 2540. The Morgan fingerprint density at radius 1 is 0.481 bits per heavy atom. The lowest BCUT2D eigenvalue weighted by molar-refractivity contribution is 0.620. The van der Waals surface area contributed by atoms with Crippen molar-refractivity contribution in [3.05, 3.63) is 180 Å². The fraction of sp³-hybridized carbons (Fsp3) is 0.122. The van der Waals surface area contributed by atoms with E-state index in [1.54, 1.807) is 0 Å². The van der Waals surface area contributed by atoms with E-state index < -0.39 is 0 Å². The second kappa shape index (κ2) is 11.2. The highest BCUT2D eigenvalue weighted by Crippen LogP contribution is 2.66. The first-order valence-electron chi connectivity index (χ1n) is 18.2. The van der Waals surface area contributed by atoms with E-state index in [4.69, 9.17) is 9.40 Å². The van der Waals surface area contributed by atoms with Crippen LogP contribution in [0.2, 0.25) is 0 Å². The molecule has 8 aromatic rings. The number of fused-ring (bicyclic) bond motifs is 7. The molecule has 2 aliphatic rings. The van der Waals surface area contributed by atoms with E-state index in [1.807, 2.05) is 30.3 Å². The highest BCUT2D eigenvalue weighted by molar-refractivity contribution is 6.10. The number of rotatable bonds is 5. The predicted octanol–water partition coefficient (Wildman–Crippen LogP) is 13.2. The standard InChI is InChI=1S/C49H38N2O/c1-48(2)37-26-16-14-24-35(37)42-41(32-28-29-40-39(30-32)50-47(52-40)31-18-8-5-9-19-31)43-36-25-15-17-27-38(36)49(3,4)45(43)46(44(42)48)51(33-20-10-6-11-21-33)34-22-12-7-13-23-34/h5-30H,1-4H3. The molecule has 3 heteroatoms. The van der Waals surface area contributed by atoms with Crippen molar-refractivity contribution in [2.45, 2.75) is 38.5 Å². The number of nitrogens with zero attached hydrogens (tertiary/aromatic N) is 2. The summed E-state index contributed by atoms with van der Waals surface area (Å²) in [7, 11) is 0. The zero-order chi connectivity index (χ0) is 35.2. The van der Waals surface area contributed by atoms with Crippen molar-refractivity contribution in [1.29, 1.82) is 0 Å². The van der Waals surface area contributed by atoms with Gasteiger partial charge in [0.15, 0.2) is 5.58 Å². The van der Waals surface area contributed by atoms with Gasteiger partial charge in [0, 0.05) is 27.8 Å². The number of benzene rings is 7. The van der Waals surface area contributed by atoms with E-state index in [9.17, 15) is 0 Å². The van der Waals surface area contributed by atoms with Crippen LogP contribution in [0.3, 0.4) is 0 Å². The highest BCUT2D eigenvalue weighted by atomic mass is 16.3. The first-order chi connectivity index (χ1) is 25.3. The van der Waals surface area contributed by atoms with Gasteiger partial charge in [0.2, 0.25) is 5.89 Å². The van der Waals surface area contributed by atoms with Crippen LogP contribution in [-0.2, 0) is 10.8 Å². The minimum atomic E-state index is -0.295. The van der Waals surface area contributed by atoms with Gasteiger partial charge in [0.05, 0.1) is 5.69 Å². The number of hydrogen-bond donors (Lipinski definition) is 0. The molecule has 52 heavy (non-hydrogen) atoms. The lowest BCUT2D eigenvalue weighted by Gasteiger charge is -2.38. The van der Waals surface area contributed by atoms with Crippen molar-refractivity contribution in [3.8, 4) is 44.8 Å². The molecule has 1 heterocycles. The molecule has 0 unspecified atom stereocenters. The second-order valence-corrected chi connectivity index (χ2v) is 15.1. The number of hydrogen-bond acceptors (Lipinski definition) is 3. The zero-order valence-electron chi connectivity index (χ0n) is 29.8. The van der Waals surface area contributed by atoms with Gasteiger partial charge in [-0.3, -0.25) is 0 Å². The van der Waals surface area contributed by atoms with Crippen LogP contribution in [0, 0.1) is 0 Å². The molecule has 0 spiro atoms. The maximum atomic E-state index is 6.34. The normalized spacial score (nSPS) is 14.5. The molecule has 0 saturated carbocycles. The molecule has 250 valence electrons. The van der Waals surface area contributed by atoms with Gasteiger partial charge in [-0.2, -0.15) is 0 Å².